The molecule has 0 radical (unpaired) electrons. The number of halogens is 1. The quantitative estimate of drug-likeness (QED) is 0.234. The van der Waals surface area contributed by atoms with E-state index in [0.717, 1.165) is 34.0 Å². The zero-order valence-corrected chi connectivity index (χ0v) is 26.0. The van der Waals surface area contributed by atoms with Gasteiger partial charge in [0.15, 0.2) is 11.2 Å². The summed E-state index contributed by atoms with van der Waals surface area (Å²) in [6.45, 7) is 1.98. The van der Waals surface area contributed by atoms with E-state index < -0.39 is 36.5 Å². The fourth-order valence-corrected chi connectivity index (χ4v) is 5.81. The number of hydrazine groups is 1. The molecule has 2 aliphatic heterocycles. The molecule has 2 fully saturated rings. The molecule has 3 aromatic heterocycles. The minimum Gasteiger partial charge on any atom is -0.341 e. The van der Waals surface area contributed by atoms with Crippen LogP contribution in [0.25, 0.3) is 22.1 Å². The first-order chi connectivity index (χ1) is 23.1. The Balaban J connectivity index is 0.00000486. The molecular weight excluding hydrogens is 580 g/mol. The van der Waals surface area contributed by atoms with Gasteiger partial charge >= 0.3 is 5.69 Å². The Morgan fingerprint density at radius 1 is 1.20 bits per heavy atom. The minimum absolute atomic E-state index is 0. The van der Waals surface area contributed by atoms with Crippen LogP contribution in [0.1, 0.15) is 52.3 Å². The highest BCUT2D eigenvalue weighted by Gasteiger charge is 2.30. The monoisotopic (exact) mass is 626 g/mol. The molecule has 1 aromatic carbocycles. The third kappa shape index (κ3) is 6.10. The second-order valence-electron chi connectivity index (χ2n) is 10.9. The maximum absolute atomic E-state index is 14.1. The molecule has 0 spiro atoms. The number of benzene rings is 1. The summed E-state index contributed by atoms with van der Waals surface area (Å²) in [4.78, 5) is 43.8. The van der Waals surface area contributed by atoms with Gasteiger partial charge in [0, 0.05) is 65.1 Å². The number of aryl methyl sites for hydroxylation is 2. The molecule has 0 bridgehead atoms. The number of nitrogens with zero attached hydrogens (tertiary/aromatic N) is 8. The smallest absolute Gasteiger partial charge is 0.332 e. The van der Waals surface area contributed by atoms with Crippen LogP contribution in [-0.4, -0.2) is 78.9 Å². The molecule has 6 rings (SSSR count). The van der Waals surface area contributed by atoms with Gasteiger partial charge < -0.3 is 10.2 Å². The maximum Gasteiger partial charge on any atom is 0.332 e. The van der Waals surface area contributed by atoms with Crippen molar-refractivity contribution in [2.45, 2.75) is 64.6 Å². The first-order valence-electron chi connectivity index (χ1n) is 17.4. The lowest BCUT2D eigenvalue weighted by molar-refractivity contribution is 0.112. The lowest BCUT2D eigenvalue weighted by Gasteiger charge is -2.40. The summed E-state index contributed by atoms with van der Waals surface area (Å²) in [5.41, 5.74) is 3.92. The van der Waals surface area contributed by atoms with Gasteiger partial charge in [-0.05, 0) is 52.0 Å². The molecule has 44 heavy (non-hydrogen) atoms. The second kappa shape index (κ2) is 13.5. The summed E-state index contributed by atoms with van der Waals surface area (Å²) in [6, 6.07) is 6.34. The molecule has 5 heterocycles. The maximum atomic E-state index is 14.1. The molecular formula is C31H41ClN10O2. The highest BCUT2D eigenvalue weighted by Crippen LogP contribution is 2.25. The Labute approximate surface area is 271 Å². The van der Waals surface area contributed by atoms with Crippen LogP contribution in [0, 0.1) is 18.8 Å². The molecule has 0 amide bonds. The largest absolute Gasteiger partial charge is 0.341 e. The Morgan fingerprint density at radius 2 is 2.02 bits per heavy atom. The zero-order valence-electron chi connectivity index (χ0n) is 31.2. The normalized spacial score (nSPS) is 24.2. The van der Waals surface area contributed by atoms with Gasteiger partial charge in [-0.15, -0.1) is 18.3 Å². The van der Waals surface area contributed by atoms with E-state index in [1.165, 1.54) is 4.57 Å². The van der Waals surface area contributed by atoms with Gasteiger partial charge in [-0.2, -0.15) is 4.98 Å². The summed E-state index contributed by atoms with van der Waals surface area (Å²) in [7, 11) is 3.33. The summed E-state index contributed by atoms with van der Waals surface area (Å²) < 4.78 is 53.5. The number of likely N-dealkylation sites (N-methyl/N-ethyl adjacent to an activating group) is 1. The van der Waals surface area contributed by atoms with Gasteiger partial charge in [0.05, 0.1) is 18.6 Å². The summed E-state index contributed by atoms with van der Waals surface area (Å²) in [5.74, 6) is 6.73. The van der Waals surface area contributed by atoms with Crippen molar-refractivity contribution < 1.29 is 8.22 Å². The van der Waals surface area contributed by atoms with E-state index in [1.807, 2.05) is 36.1 Å². The molecule has 234 valence electrons. The molecule has 2 aliphatic rings. The third-order valence-corrected chi connectivity index (χ3v) is 8.06. The fraction of sp³-hybridized carbons (Fsp3) is 0.516. The Hall–Kier alpha value is -3.76. The van der Waals surface area contributed by atoms with E-state index in [4.69, 9.17) is 13.2 Å². The first kappa shape index (κ1) is 24.5. The van der Waals surface area contributed by atoms with Crippen LogP contribution >= 0.6 is 12.4 Å². The number of aromatic nitrogens is 6. The van der Waals surface area contributed by atoms with E-state index in [-0.39, 0.29) is 49.2 Å². The Morgan fingerprint density at radius 3 is 2.84 bits per heavy atom. The zero-order chi connectivity index (χ0) is 35.5. The van der Waals surface area contributed by atoms with Crippen molar-refractivity contribution in [1.82, 2.24) is 44.4 Å². The average molecular weight is 627 g/mol. The topological polar surface area (TPSA) is 118 Å². The Kier molecular flexibility index (Phi) is 7.52. The van der Waals surface area contributed by atoms with Crippen LogP contribution < -0.4 is 26.9 Å². The lowest BCUT2D eigenvalue weighted by atomic mass is 10.1. The van der Waals surface area contributed by atoms with Crippen molar-refractivity contribution in [3.63, 3.8) is 0 Å². The van der Waals surface area contributed by atoms with Crippen LogP contribution in [0.3, 0.4) is 0 Å². The Bertz CT molecular complexity index is 2110. The SMILES string of the molecule is Cl.[2H]C1([2H])NCC(NN(C)[C@@H]2CCCN(c3nc4c(c(=O)n(Cc5nc(C)c6ccccc6n5)c(=O)n4C)n3CC#CC)C2)C([2H])([2H])C1([2H])[2H]. The number of hydrogen-bond donors (Lipinski definition) is 2. The van der Waals surface area contributed by atoms with Crippen LogP contribution in [-0.2, 0) is 20.1 Å². The number of nitrogens with one attached hydrogen (secondary N) is 2. The van der Waals surface area contributed by atoms with Gasteiger partial charge in [0.25, 0.3) is 5.56 Å². The van der Waals surface area contributed by atoms with E-state index >= 15 is 0 Å². The van der Waals surface area contributed by atoms with Crippen LogP contribution in [0.5, 0.6) is 0 Å². The lowest BCUT2D eigenvalue weighted by Crippen LogP contribution is -2.57. The van der Waals surface area contributed by atoms with Crippen molar-refractivity contribution in [3.8, 4) is 11.8 Å². The van der Waals surface area contributed by atoms with Gasteiger partial charge in [-0.1, -0.05) is 24.1 Å². The van der Waals surface area contributed by atoms with Gasteiger partial charge in [-0.3, -0.25) is 23.9 Å². The van der Waals surface area contributed by atoms with Crippen molar-refractivity contribution in [3.05, 3.63) is 56.6 Å². The van der Waals surface area contributed by atoms with E-state index in [2.05, 4.69) is 32.6 Å². The molecule has 12 nitrogen and oxygen atoms in total. The van der Waals surface area contributed by atoms with E-state index in [0.29, 0.717) is 24.9 Å². The fourth-order valence-electron chi connectivity index (χ4n) is 5.81. The highest BCUT2D eigenvalue weighted by molar-refractivity contribution is 5.85. The summed E-state index contributed by atoms with van der Waals surface area (Å²) >= 11 is 0. The standard InChI is InChI=1S/C31H40N10O2.ClH/c1-5-6-17-40-27-28(35-30(40)39-16-10-12-23(19-39)38(4)36-22-11-9-15-32-18-22)37(3)31(43)41(29(27)42)20-26-33-21(2)24-13-7-8-14-25(24)34-26;/h7-8,13-14,22-23,32,36H,9-12,15-20H2,1-4H3;1H/t22?,23-;/m1./s1/i9D2,11D2,15D2;. The molecule has 2 N–H and O–H groups in total. The molecule has 0 saturated carbocycles. The number of hydrogen-bond acceptors (Lipinski definition) is 9. The van der Waals surface area contributed by atoms with Crippen molar-refractivity contribution in [2.75, 3.05) is 38.1 Å². The molecule has 2 saturated heterocycles. The van der Waals surface area contributed by atoms with E-state index in [9.17, 15) is 9.59 Å². The minimum atomic E-state index is -2.79. The first-order valence-corrected chi connectivity index (χ1v) is 14.4. The average Bonchev–Trinajstić information content (AvgIpc) is 3.45. The number of piperidine rings is 2. The highest BCUT2D eigenvalue weighted by atomic mass is 35.5. The van der Waals surface area contributed by atoms with Crippen LogP contribution in [0.4, 0.5) is 5.95 Å². The van der Waals surface area contributed by atoms with Crippen molar-refractivity contribution in [1.29, 1.82) is 0 Å². The van der Waals surface area contributed by atoms with Gasteiger partial charge in [0.1, 0.15) is 5.82 Å². The number of imidazole rings is 1. The predicted molar refractivity (Wildman–Crippen MR) is 175 cm³/mol. The van der Waals surface area contributed by atoms with Crippen LogP contribution in [0.2, 0.25) is 0 Å². The van der Waals surface area contributed by atoms with Crippen LogP contribution in [0.15, 0.2) is 33.9 Å². The molecule has 1 unspecified atom stereocenters. The van der Waals surface area contributed by atoms with Gasteiger partial charge in [-0.25, -0.2) is 19.8 Å². The van der Waals surface area contributed by atoms with E-state index in [1.54, 1.807) is 30.6 Å². The van der Waals surface area contributed by atoms with Crippen molar-refractivity contribution >= 4 is 40.4 Å². The van der Waals surface area contributed by atoms with Crippen molar-refractivity contribution in [2.24, 2.45) is 7.05 Å². The number of fused-ring (bicyclic) bond motifs is 2. The molecule has 0 aliphatic carbocycles. The summed E-state index contributed by atoms with van der Waals surface area (Å²) in [5, 5.41) is 5.15. The number of para-hydroxylation sites is 1. The number of anilines is 1. The second-order valence-corrected chi connectivity index (χ2v) is 10.9. The molecule has 4 aromatic rings. The number of rotatable bonds is 7. The third-order valence-electron chi connectivity index (χ3n) is 8.06. The predicted octanol–water partition coefficient (Wildman–Crippen LogP) is 1.80. The molecule has 13 heteroatoms. The molecule has 2 atom stereocenters. The summed E-state index contributed by atoms with van der Waals surface area (Å²) in [6.07, 6.45) is -3.83. The van der Waals surface area contributed by atoms with Gasteiger partial charge in [0.2, 0.25) is 5.95 Å².